The summed E-state index contributed by atoms with van der Waals surface area (Å²) >= 11 is 0. The van der Waals surface area contributed by atoms with E-state index in [0.717, 1.165) is 44.2 Å². The Morgan fingerprint density at radius 3 is 2.58 bits per heavy atom. The average Bonchev–Trinajstić information content (AvgIpc) is 2.95. The van der Waals surface area contributed by atoms with Crippen molar-refractivity contribution in [3.05, 3.63) is 65.4 Å². The van der Waals surface area contributed by atoms with Crippen LogP contribution in [-0.2, 0) is 0 Å². The van der Waals surface area contributed by atoms with Gasteiger partial charge in [0.25, 0.3) is 0 Å². The van der Waals surface area contributed by atoms with Gasteiger partial charge in [-0.05, 0) is 48.2 Å². The quantitative estimate of drug-likeness (QED) is 0.563. The molecule has 4 rings (SSSR count). The number of aromatic amines is 1. The molecule has 0 radical (unpaired) electrons. The zero-order valence-corrected chi connectivity index (χ0v) is 13.4. The number of fused-ring (bicyclic) bond motifs is 3. The minimum absolute atomic E-state index is 0.310. The van der Waals surface area contributed by atoms with E-state index in [9.17, 15) is 9.90 Å². The summed E-state index contributed by atoms with van der Waals surface area (Å²) in [6, 6.07) is 13.7. The molecule has 2 aromatic heterocycles. The molecule has 0 aliphatic carbocycles. The van der Waals surface area contributed by atoms with E-state index in [1.807, 2.05) is 50.4 Å². The normalized spacial score (nSPS) is 11.2. The number of rotatable bonds is 2. The number of benzene rings is 2. The van der Waals surface area contributed by atoms with Gasteiger partial charge in [-0.2, -0.15) is 0 Å². The smallest absolute Gasteiger partial charge is 0.336 e. The van der Waals surface area contributed by atoms with Crippen molar-refractivity contribution in [3.8, 4) is 11.1 Å². The molecule has 4 aromatic rings. The number of aryl methyl sites for hydroxylation is 2. The van der Waals surface area contributed by atoms with Gasteiger partial charge < -0.3 is 10.1 Å². The number of nitrogens with one attached hydrogen (secondary N) is 1. The first-order chi connectivity index (χ1) is 11.6. The van der Waals surface area contributed by atoms with Crippen molar-refractivity contribution >= 4 is 27.9 Å². The summed E-state index contributed by atoms with van der Waals surface area (Å²) in [5.74, 6) is -0.922. The fraction of sp³-hybridized carbons (Fsp3) is 0.100. The van der Waals surface area contributed by atoms with Crippen LogP contribution in [0.1, 0.15) is 21.5 Å². The topological polar surface area (TPSA) is 66.0 Å². The van der Waals surface area contributed by atoms with Gasteiger partial charge in [0.1, 0.15) is 5.65 Å². The molecule has 0 saturated carbocycles. The standard InChI is InChI=1S/C20H16N2O2/c1-11-8-16-17-15(13-6-4-3-5-7-13)9-14(20(23)24)12(2)18(17)22-19(16)21-10-11/h3-10H,1-2H3,(H,21,22)(H,23,24). The zero-order chi connectivity index (χ0) is 16.8. The highest BCUT2D eigenvalue weighted by molar-refractivity contribution is 6.16. The van der Waals surface area contributed by atoms with Crippen LogP contribution in [0.15, 0.2) is 48.7 Å². The summed E-state index contributed by atoms with van der Waals surface area (Å²) in [5, 5.41) is 11.6. The minimum Gasteiger partial charge on any atom is -0.478 e. The average molecular weight is 316 g/mol. The summed E-state index contributed by atoms with van der Waals surface area (Å²) in [4.78, 5) is 19.5. The number of carboxylic acids is 1. The van der Waals surface area contributed by atoms with E-state index in [1.54, 1.807) is 6.07 Å². The maximum absolute atomic E-state index is 11.7. The number of hydrogen-bond acceptors (Lipinski definition) is 2. The van der Waals surface area contributed by atoms with E-state index in [-0.39, 0.29) is 0 Å². The summed E-state index contributed by atoms with van der Waals surface area (Å²) < 4.78 is 0. The summed E-state index contributed by atoms with van der Waals surface area (Å²) in [6.07, 6.45) is 1.81. The Morgan fingerprint density at radius 2 is 1.88 bits per heavy atom. The third kappa shape index (κ3) is 2.07. The molecule has 0 unspecified atom stereocenters. The van der Waals surface area contributed by atoms with E-state index in [4.69, 9.17) is 0 Å². The van der Waals surface area contributed by atoms with Crippen molar-refractivity contribution in [3.63, 3.8) is 0 Å². The molecule has 0 aliphatic rings. The number of H-pyrrole nitrogens is 1. The molecule has 0 atom stereocenters. The van der Waals surface area contributed by atoms with Crippen LogP contribution < -0.4 is 0 Å². The molecule has 2 heterocycles. The van der Waals surface area contributed by atoms with E-state index >= 15 is 0 Å². The molecular weight excluding hydrogens is 300 g/mol. The third-order valence-corrected chi connectivity index (χ3v) is 4.44. The van der Waals surface area contributed by atoms with Gasteiger partial charge in [0.05, 0.1) is 11.1 Å². The maximum Gasteiger partial charge on any atom is 0.336 e. The van der Waals surface area contributed by atoms with Gasteiger partial charge in [-0.3, -0.25) is 0 Å². The highest BCUT2D eigenvalue weighted by Gasteiger charge is 2.19. The lowest BCUT2D eigenvalue weighted by atomic mass is 9.94. The van der Waals surface area contributed by atoms with Gasteiger partial charge in [-0.1, -0.05) is 30.3 Å². The fourth-order valence-electron chi connectivity index (χ4n) is 3.26. The van der Waals surface area contributed by atoms with Crippen LogP contribution in [0.5, 0.6) is 0 Å². The van der Waals surface area contributed by atoms with Crippen molar-refractivity contribution in [2.45, 2.75) is 13.8 Å². The molecule has 4 nitrogen and oxygen atoms in total. The van der Waals surface area contributed by atoms with Crippen LogP contribution in [-0.4, -0.2) is 21.0 Å². The van der Waals surface area contributed by atoms with Gasteiger partial charge >= 0.3 is 5.97 Å². The Morgan fingerprint density at radius 1 is 1.12 bits per heavy atom. The Labute approximate surface area is 138 Å². The number of nitrogens with zero attached hydrogens (tertiary/aromatic N) is 1. The van der Waals surface area contributed by atoms with Crippen molar-refractivity contribution in [1.82, 2.24) is 9.97 Å². The second-order valence-corrected chi connectivity index (χ2v) is 6.05. The summed E-state index contributed by atoms with van der Waals surface area (Å²) in [7, 11) is 0. The van der Waals surface area contributed by atoms with Gasteiger partial charge in [0.15, 0.2) is 0 Å². The van der Waals surface area contributed by atoms with Gasteiger partial charge in [-0.25, -0.2) is 9.78 Å². The molecule has 0 fully saturated rings. The predicted molar refractivity (Wildman–Crippen MR) is 95.5 cm³/mol. The van der Waals surface area contributed by atoms with Gasteiger partial charge in [0, 0.05) is 17.0 Å². The van der Waals surface area contributed by atoms with E-state index in [2.05, 4.69) is 16.0 Å². The fourth-order valence-corrected chi connectivity index (χ4v) is 3.26. The number of carboxylic acid groups (broad SMARTS) is 1. The number of hydrogen-bond donors (Lipinski definition) is 2. The Bertz CT molecular complexity index is 1100. The van der Waals surface area contributed by atoms with Crippen LogP contribution in [0.3, 0.4) is 0 Å². The molecule has 0 saturated heterocycles. The highest BCUT2D eigenvalue weighted by Crippen LogP contribution is 2.37. The summed E-state index contributed by atoms with van der Waals surface area (Å²) in [5.41, 5.74) is 5.62. The molecule has 4 heteroatoms. The molecule has 0 spiro atoms. The van der Waals surface area contributed by atoms with Crippen LogP contribution in [0.4, 0.5) is 0 Å². The lowest BCUT2D eigenvalue weighted by molar-refractivity contribution is 0.0696. The van der Waals surface area contributed by atoms with E-state index < -0.39 is 5.97 Å². The van der Waals surface area contributed by atoms with Crippen molar-refractivity contribution in [2.75, 3.05) is 0 Å². The molecule has 2 N–H and O–H groups in total. The Kier molecular flexibility index (Phi) is 3.13. The van der Waals surface area contributed by atoms with E-state index in [1.165, 1.54) is 0 Å². The number of aromatic carboxylic acids is 1. The van der Waals surface area contributed by atoms with Crippen molar-refractivity contribution in [2.24, 2.45) is 0 Å². The van der Waals surface area contributed by atoms with Crippen LogP contribution in [0.2, 0.25) is 0 Å². The van der Waals surface area contributed by atoms with Gasteiger partial charge in [-0.15, -0.1) is 0 Å². The van der Waals surface area contributed by atoms with Crippen molar-refractivity contribution < 1.29 is 9.90 Å². The van der Waals surface area contributed by atoms with E-state index in [0.29, 0.717) is 5.56 Å². The second kappa shape index (κ2) is 5.20. The largest absolute Gasteiger partial charge is 0.478 e. The number of pyridine rings is 1. The van der Waals surface area contributed by atoms with Crippen LogP contribution in [0.25, 0.3) is 33.1 Å². The van der Waals surface area contributed by atoms with Crippen molar-refractivity contribution in [1.29, 1.82) is 0 Å². The SMILES string of the molecule is Cc1cnc2[nH]c3c(C)c(C(=O)O)cc(-c4ccccc4)c3c2c1. The summed E-state index contributed by atoms with van der Waals surface area (Å²) in [6.45, 7) is 3.84. The lowest BCUT2D eigenvalue weighted by Gasteiger charge is -2.10. The molecule has 2 aromatic carbocycles. The number of carbonyl (C=O) groups is 1. The molecule has 24 heavy (non-hydrogen) atoms. The second-order valence-electron chi connectivity index (χ2n) is 6.05. The first-order valence-electron chi connectivity index (χ1n) is 7.76. The number of aromatic nitrogens is 2. The molecule has 0 amide bonds. The molecule has 0 bridgehead atoms. The third-order valence-electron chi connectivity index (χ3n) is 4.44. The maximum atomic E-state index is 11.7. The Balaban J connectivity index is 2.23. The van der Waals surface area contributed by atoms with Crippen LogP contribution >= 0.6 is 0 Å². The molecule has 0 aliphatic heterocycles. The monoisotopic (exact) mass is 316 g/mol. The lowest BCUT2D eigenvalue weighted by Crippen LogP contribution is -2.01. The molecular formula is C20H16N2O2. The Hall–Kier alpha value is -3.14. The molecule has 118 valence electrons. The van der Waals surface area contributed by atoms with Gasteiger partial charge in [0.2, 0.25) is 0 Å². The highest BCUT2D eigenvalue weighted by atomic mass is 16.4. The zero-order valence-electron chi connectivity index (χ0n) is 13.4. The first kappa shape index (κ1) is 14.5. The first-order valence-corrected chi connectivity index (χ1v) is 7.76. The minimum atomic E-state index is -0.922. The van der Waals surface area contributed by atoms with Crippen LogP contribution in [0, 0.1) is 13.8 Å². The predicted octanol–water partition coefficient (Wildman–Crippen LogP) is 4.70.